The smallest absolute Gasteiger partial charge is 0.135 e. The Hall–Kier alpha value is -5.60. The minimum absolute atomic E-state index is 0.835. The molecule has 0 aliphatic rings. The van der Waals surface area contributed by atoms with Gasteiger partial charge in [0.2, 0.25) is 0 Å². The lowest BCUT2D eigenvalue weighted by Gasteiger charge is -2.29. The fraction of sp³-hybridized carbons (Fsp3) is 0. The van der Waals surface area contributed by atoms with E-state index < -0.39 is 0 Å². The molecular weight excluding hydrogens is 510 g/mol. The first-order valence-electron chi connectivity index (χ1n) is 14.3. The van der Waals surface area contributed by atoms with Gasteiger partial charge in [0.05, 0.1) is 11.4 Å². The molecule has 0 amide bonds. The van der Waals surface area contributed by atoms with Gasteiger partial charge in [-0.15, -0.1) is 0 Å². The summed E-state index contributed by atoms with van der Waals surface area (Å²) in [6, 6.07) is 57.8. The molecule has 2 nitrogen and oxygen atoms in total. The van der Waals surface area contributed by atoms with Crippen molar-refractivity contribution in [1.29, 1.82) is 0 Å². The summed E-state index contributed by atoms with van der Waals surface area (Å²) in [5, 5.41) is 9.29. The number of ether oxygens (including phenoxy) is 1. The van der Waals surface area contributed by atoms with Crippen LogP contribution in [0.15, 0.2) is 164 Å². The molecule has 0 saturated heterocycles. The molecule has 2 heteroatoms. The van der Waals surface area contributed by atoms with Crippen LogP contribution >= 0.6 is 0 Å². The molecular formula is C40H27NO. The Morgan fingerprint density at radius 1 is 0.333 bits per heavy atom. The van der Waals surface area contributed by atoms with E-state index in [2.05, 4.69) is 163 Å². The van der Waals surface area contributed by atoms with E-state index in [-0.39, 0.29) is 0 Å². The summed E-state index contributed by atoms with van der Waals surface area (Å²) in [4.78, 5) is 2.39. The lowest BCUT2D eigenvalue weighted by molar-refractivity contribution is 0.494. The highest BCUT2D eigenvalue weighted by Gasteiger charge is 2.19. The van der Waals surface area contributed by atoms with Crippen LogP contribution in [-0.4, -0.2) is 0 Å². The van der Waals surface area contributed by atoms with E-state index in [1.165, 1.54) is 21.5 Å². The van der Waals surface area contributed by atoms with Crippen molar-refractivity contribution in [2.75, 3.05) is 4.90 Å². The molecule has 0 spiro atoms. The van der Waals surface area contributed by atoms with Crippen LogP contribution in [-0.2, 0) is 0 Å². The topological polar surface area (TPSA) is 12.5 Å². The van der Waals surface area contributed by atoms with Crippen LogP contribution in [0.25, 0.3) is 43.1 Å². The lowest BCUT2D eigenvalue weighted by atomic mass is 10.0. The summed E-state index contributed by atoms with van der Waals surface area (Å²) in [6.07, 6.45) is 0. The molecule has 0 N–H and O–H groups in total. The number of anilines is 3. The molecule has 0 unspecified atom stereocenters. The maximum Gasteiger partial charge on any atom is 0.135 e. The Balaban J connectivity index is 1.35. The zero-order valence-electron chi connectivity index (χ0n) is 22.9. The molecule has 0 radical (unpaired) electrons. The van der Waals surface area contributed by atoms with Gasteiger partial charge in [0, 0.05) is 27.2 Å². The van der Waals surface area contributed by atoms with Crippen molar-refractivity contribution in [3.63, 3.8) is 0 Å². The molecule has 0 aliphatic carbocycles. The van der Waals surface area contributed by atoms with E-state index in [0.29, 0.717) is 0 Å². The van der Waals surface area contributed by atoms with Crippen LogP contribution in [0.1, 0.15) is 0 Å². The van der Waals surface area contributed by atoms with Crippen LogP contribution in [0.4, 0.5) is 17.1 Å². The van der Waals surface area contributed by atoms with Gasteiger partial charge in [-0.2, -0.15) is 0 Å². The van der Waals surface area contributed by atoms with Crippen molar-refractivity contribution in [2.24, 2.45) is 0 Å². The Kier molecular flexibility index (Phi) is 5.82. The van der Waals surface area contributed by atoms with Crippen LogP contribution in [0.2, 0.25) is 0 Å². The molecule has 0 aliphatic heterocycles. The Bertz CT molecular complexity index is 2240. The van der Waals surface area contributed by atoms with E-state index >= 15 is 0 Å². The molecule has 0 fully saturated rings. The molecule has 8 aromatic carbocycles. The predicted octanol–water partition coefficient (Wildman–Crippen LogP) is 11.6. The summed E-state index contributed by atoms with van der Waals surface area (Å²) in [5.74, 6) is 1.69. The highest BCUT2D eigenvalue weighted by atomic mass is 16.5. The number of hydrogen-bond acceptors (Lipinski definition) is 2. The zero-order chi connectivity index (χ0) is 27.9. The maximum atomic E-state index is 6.66. The summed E-state index contributed by atoms with van der Waals surface area (Å²) < 4.78 is 6.66. The third-order valence-electron chi connectivity index (χ3n) is 8.07. The van der Waals surface area contributed by atoms with E-state index in [4.69, 9.17) is 4.74 Å². The van der Waals surface area contributed by atoms with Crippen molar-refractivity contribution in [2.45, 2.75) is 0 Å². The van der Waals surface area contributed by atoms with Gasteiger partial charge in [0.1, 0.15) is 11.5 Å². The third-order valence-corrected chi connectivity index (χ3v) is 8.07. The molecule has 0 atom stereocenters. The van der Waals surface area contributed by atoms with Crippen molar-refractivity contribution >= 4 is 60.2 Å². The van der Waals surface area contributed by atoms with Crippen LogP contribution < -0.4 is 9.64 Å². The van der Waals surface area contributed by atoms with Crippen molar-refractivity contribution in [3.05, 3.63) is 164 Å². The van der Waals surface area contributed by atoms with Crippen LogP contribution in [0, 0.1) is 0 Å². The van der Waals surface area contributed by atoms with E-state index in [1.54, 1.807) is 0 Å². The fourth-order valence-electron chi connectivity index (χ4n) is 6.07. The van der Waals surface area contributed by atoms with E-state index in [9.17, 15) is 0 Å². The number of hydrogen-bond donors (Lipinski definition) is 0. The van der Waals surface area contributed by atoms with Gasteiger partial charge in [-0.25, -0.2) is 0 Å². The minimum atomic E-state index is 0.835. The molecule has 0 aromatic heterocycles. The zero-order valence-corrected chi connectivity index (χ0v) is 22.9. The first kappa shape index (κ1) is 24.2. The van der Waals surface area contributed by atoms with Gasteiger partial charge < -0.3 is 9.64 Å². The van der Waals surface area contributed by atoms with Crippen LogP contribution in [0.5, 0.6) is 11.5 Å². The lowest BCUT2D eigenvalue weighted by Crippen LogP contribution is -2.11. The standard InChI is InChI=1S/C40H27NO/c1-2-14-31-27-32(24-23-28(31)11-1)41(37-21-9-15-29-12-3-5-17-33(29)37)38-25-26-40(36-20-8-7-19-35(36)38)42-39-22-10-16-30-13-4-6-18-34(30)39/h1-27H. The molecule has 8 aromatic rings. The highest BCUT2D eigenvalue weighted by molar-refractivity contribution is 6.07. The Labute approximate surface area is 244 Å². The largest absolute Gasteiger partial charge is 0.456 e. The fourth-order valence-corrected chi connectivity index (χ4v) is 6.07. The first-order valence-corrected chi connectivity index (χ1v) is 14.3. The second-order valence-corrected chi connectivity index (χ2v) is 10.6. The van der Waals surface area contributed by atoms with Gasteiger partial charge in [-0.05, 0) is 57.9 Å². The van der Waals surface area contributed by atoms with Crippen molar-refractivity contribution < 1.29 is 4.74 Å². The maximum absolute atomic E-state index is 6.66. The monoisotopic (exact) mass is 537 g/mol. The Morgan fingerprint density at radius 3 is 1.69 bits per heavy atom. The summed E-state index contributed by atoms with van der Waals surface area (Å²) >= 11 is 0. The number of fused-ring (bicyclic) bond motifs is 4. The van der Waals surface area contributed by atoms with Gasteiger partial charge in [-0.1, -0.05) is 127 Å². The molecule has 0 saturated carbocycles. The van der Waals surface area contributed by atoms with Crippen molar-refractivity contribution in [3.8, 4) is 11.5 Å². The predicted molar refractivity (Wildman–Crippen MR) is 178 cm³/mol. The number of rotatable bonds is 5. The SMILES string of the molecule is c1ccc2cc(N(c3cccc4ccccc34)c3ccc(Oc4cccc5ccccc45)c4ccccc34)ccc2c1. The van der Waals surface area contributed by atoms with Crippen LogP contribution in [0.3, 0.4) is 0 Å². The molecule has 0 bridgehead atoms. The first-order chi connectivity index (χ1) is 20.8. The summed E-state index contributed by atoms with van der Waals surface area (Å²) in [5.41, 5.74) is 3.34. The minimum Gasteiger partial charge on any atom is -0.456 e. The second-order valence-electron chi connectivity index (χ2n) is 10.6. The quantitative estimate of drug-likeness (QED) is 0.216. The number of nitrogens with zero attached hydrogens (tertiary/aromatic N) is 1. The van der Waals surface area contributed by atoms with Gasteiger partial charge in [0.15, 0.2) is 0 Å². The van der Waals surface area contributed by atoms with E-state index in [1.807, 2.05) is 6.07 Å². The normalized spacial score (nSPS) is 11.3. The summed E-state index contributed by atoms with van der Waals surface area (Å²) in [7, 11) is 0. The number of benzene rings is 8. The van der Waals surface area contributed by atoms with Gasteiger partial charge in [-0.3, -0.25) is 0 Å². The van der Waals surface area contributed by atoms with Gasteiger partial charge in [0.25, 0.3) is 0 Å². The second kappa shape index (κ2) is 10.1. The molecule has 8 rings (SSSR count). The molecule has 42 heavy (non-hydrogen) atoms. The van der Waals surface area contributed by atoms with Crippen molar-refractivity contribution in [1.82, 2.24) is 0 Å². The summed E-state index contributed by atoms with van der Waals surface area (Å²) in [6.45, 7) is 0. The van der Waals surface area contributed by atoms with Gasteiger partial charge >= 0.3 is 0 Å². The molecule has 198 valence electrons. The van der Waals surface area contributed by atoms with E-state index in [0.717, 1.165) is 50.1 Å². The average Bonchev–Trinajstić information content (AvgIpc) is 3.06. The molecule has 0 heterocycles. The average molecular weight is 538 g/mol. The highest BCUT2D eigenvalue weighted by Crippen LogP contribution is 2.45. The Morgan fingerprint density at radius 2 is 0.881 bits per heavy atom. The third kappa shape index (κ3) is 4.13.